The minimum Gasteiger partial charge on any atom is -0.494 e. The number of hydrogen-bond donors (Lipinski definition) is 1. The van der Waals surface area contributed by atoms with E-state index in [-0.39, 0.29) is 13.0 Å². The van der Waals surface area contributed by atoms with Crippen molar-refractivity contribution in [2.45, 2.75) is 13.3 Å². The molecule has 0 aliphatic heterocycles. The number of hydrogen-bond acceptors (Lipinski definition) is 4. The molecule has 0 fully saturated rings. The molecule has 0 saturated heterocycles. The van der Waals surface area contributed by atoms with E-state index >= 15 is 0 Å². The van der Waals surface area contributed by atoms with Gasteiger partial charge in [0.25, 0.3) is 0 Å². The average Bonchev–Trinajstić information content (AvgIpc) is 2.59. The fraction of sp³-hybridized carbons (Fsp3) is 0.278. The summed E-state index contributed by atoms with van der Waals surface area (Å²) in [5, 5.41) is 2.13. The van der Waals surface area contributed by atoms with Crippen molar-refractivity contribution >= 4 is 27.3 Å². The molecule has 0 aromatic heterocycles. The highest BCUT2D eigenvalue weighted by Crippen LogP contribution is 2.22. The molecule has 0 saturated carbocycles. The van der Waals surface area contributed by atoms with E-state index < -0.39 is 33.3 Å². The summed E-state index contributed by atoms with van der Waals surface area (Å²) in [6.07, 6.45) is 0.728. The van der Waals surface area contributed by atoms with Gasteiger partial charge in [-0.3, -0.25) is 9.10 Å². The second-order valence-electron chi connectivity index (χ2n) is 5.66. The lowest BCUT2D eigenvalue weighted by molar-refractivity contribution is -0.116. The summed E-state index contributed by atoms with van der Waals surface area (Å²) in [7, 11) is -3.66. The normalized spacial score (nSPS) is 11.1. The number of para-hydroxylation sites is 1. The molecule has 0 radical (unpaired) electrons. The highest BCUT2D eigenvalue weighted by Gasteiger charge is 2.20. The first-order valence-electron chi connectivity index (χ1n) is 8.16. The molecule has 2 rings (SSSR count). The van der Waals surface area contributed by atoms with Crippen LogP contribution in [0.15, 0.2) is 42.5 Å². The molecule has 9 heteroatoms. The molecule has 1 N–H and O–H groups in total. The predicted octanol–water partition coefficient (Wildman–Crippen LogP) is 3.16. The predicted molar refractivity (Wildman–Crippen MR) is 99.4 cm³/mol. The van der Waals surface area contributed by atoms with Gasteiger partial charge in [-0.2, -0.15) is 0 Å². The summed E-state index contributed by atoms with van der Waals surface area (Å²) in [5.41, 5.74) is -0.208. The van der Waals surface area contributed by atoms with Crippen LogP contribution in [0.3, 0.4) is 0 Å². The second-order valence-corrected chi connectivity index (χ2v) is 7.56. The first-order chi connectivity index (χ1) is 12.7. The van der Waals surface area contributed by atoms with Gasteiger partial charge in [-0.15, -0.1) is 0 Å². The molecule has 0 unspecified atom stereocenters. The molecule has 1 amide bonds. The number of nitrogens with one attached hydrogen (secondary N) is 1. The molecule has 0 aliphatic carbocycles. The van der Waals surface area contributed by atoms with Crippen molar-refractivity contribution in [1.29, 1.82) is 0 Å². The maximum atomic E-state index is 13.6. The van der Waals surface area contributed by atoms with Crippen LogP contribution in [0.5, 0.6) is 5.75 Å². The summed E-state index contributed by atoms with van der Waals surface area (Å²) in [4.78, 5) is 12.0. The monoisotopic (exact) mass is 398 g/mol. The number of sulfonamides is 1. The summed E-state index contributed by atoms with van der Waals surface area (Å²) in [6, 6.07) is 9.55. The van der Waals surface area contributed by atoms with E-state index in [9.17, 15) is 22.0 Å². The Kier molecular flexibility index (Phi) is 6.73. The maximum absolute atomic E-state index is 13.6. The zero-order valence-corrected chi connectivity index (χ0v) is 15.7. The van der Waals surface area contributed by atoms with Gasteiger partial charge in [0, 0.05) is 13.0 Å². The van der Waals surface area contributed by atoms with Crippen molar-refractivity contribution in [2.24, 2.45) is 0 Å². The van der Waals surface area contributed by atoms with Crippen LogP contribution in [0.4, 0.5) is 20.2 Å². The molecule has 6 nitrogen and oxygen atoms in total. The molecule has 2 aromatic rings. The quantitative estimate of drug-likeness (QED) is 0.741. The fourth-order valence-electron chi connectivity index (χ4n) is 2.38. The van der Waals surface area contributed by atoms with Gasteiger partial charge in [0.1, 0.15) is 23.1 Å². The Balaban J connectivity index is 2.10. The van der Waals surface area contributed by atoms with Crippen LogP contribution in [-0.4, -0.2) is 33.7 Å². The molecular formula is C18H20F2N2O4S. The Bertz CT molecular complexity index is 882. The number of ether oxygens (including phenoxy) is 1. The number of carbonyl (C=O) groups excluding carboxylic acids is 1. The largest absolute Gasteiger partial charge is 0.494 e. The zero-order valence-electron chi connectivity index (χ0n) is 14.9. The van der Waals surface area contributed by atoms with Crippen LogP contribution >= 0.6 is 0 Å². The summed E-state index contributed by atoms with van der Waals surface area (Å²) >= 11 is 0. The SMILES string of the molecule is CCOc1ccc(N(CCC(=O)Nc2c(F)cccc2F)S(C)(=O)=O)cc1. The Morgan fingerprint density at radius 3 is 2.22 bits per heavy atom. The number of halogens is 2. The van der Waals surface area contributed by atoms with Crippen molar-refractivity contribution in [3.05, 3.63) is 54.1 Å². The van der Waals surface area contributed by atoms with Crippen molar-refractivity contribution in [2.75, 3.05) is 29.0 Å². The number of carbonyl (C=O) groups is 1. The van der Waals surface area contributed by atoms with Gasteiger partial charge in [-0.05, 0) is 43.3 Å². The van der Waals surface area contributed by atoms with Crippen molar-refractivity contribution < 1.29 is 26.7 Å². The Labute approximate surface area is 156 Å². The van der Waals surface area contributed by atoms with Crippen LogP contribution in [0.25, 0.3) is 0 Å². The summed E-state index contributed by atoms with van der Waals surface area (Å²) < 4.78 is 57.7. The fourth-order valence-corrected chi connectivity index (χ4v) is 3.31. The minimum atomic E-state index is -3.66. The molecule has 0 heterocycles. The van der Waals surface area contributed by atoms with Crippen LogP contribution in [0, 0.1) is 11.6 Å². The number of benzene rings is 2. The number of rotatable bonds is 8. The van der Waals surface area contributed by atoms with Crippen molar-refractivity contribution in [3.8, 4) is 5.75 Å². The van der Waals surface area contributed by atoms with E-state index in [1.807, 2.05) is 6.92 Å². The molecule has 0 spiro atoms. The topological polar surface area (TPSA) is 75.7 Å². The van der Waals surface area contributed by atoms with Crippen molar-refractivity contribution in [3.63, 3.8) is 0 Å². The number of anilines is 2. The lowest BCUT2D eigenvalue weighted by atomic mass is 10.2. The second kappa shape index (κ2) is 8.81. The number of amides is 1. The molecule has 0 aliphatic rings. The van der Waals surface area contributed by atoms with E-state index in [1.54, 1.807) is 24.3 Å². The first-order valence-corrected chi connectivity index (χ1v) is 10.0. The highest BCUT2D eigenvalue weighted by molar-refractivity contribution is 7.92. The third-order valence-corrected chi connectivity index (χ3v) is 4.80. The Morgan fingerprint density at radius 1 is 1.11 bits per heavy atom. The molecule has 27 heavy (non-hydrogen) atoms. The van der Waals surface area contributed by atoms with E-state index in [4.69, 9.17) is 4.74 Å². The van der Waals surface area contributed by atoms with Gasteiger partial charge in [0.05, 0.1) is 18.6 Å². The summed E-state index contributed by atoms with van der Waals surface area (Å²) in [5.74, 6) is -1.94. The van der Waals surface area contributed by atoms with Gasteiger partial charge < -0.3 is 10.1 Å². The van der Waals surface area contributed by atoms with Crippen LogP contribution in [0.1, 0.15) is 13.3 Å². The van der Waals surface area contributed by atoms with E-state index in [0.717, 1.165) is 22.7 Å². The highest BCUT2D eigenvalue weighted by atomic mass is 32.2. The van der Waals surface area contributed by atoms with Crippen molar-refractivity contribution in [1.82, 2.24) is 0 Å². The number of nitrogens with zero attached hydrogens (tertiary/aromatic N) is 1. The standard InChI is InChI=1S/C18H20F2N2O4S/c1-3-26-14-9-7-13(8-10-14)22(27(2,24)25)12-11-17(23)21-18-15(19)5-4-6-16(18)20/h4-10H,3,11-12H2,1-2H3,(H,21,23). The lowest BCUT2D eigenvalue weighted by Gasteiger charge is -2.22. The lowest BCUT2D eigenvalue weighted by Crippen LogP contribution is -2.33. The van der Waals surface area contributed by atoms with Gasteiger partial charge in [0.15, 0.2) is 0 Å². The van der Waals surface area contributed by atoms with E-state index in [2.05, 4.69) is 5.32 Å². The average molecular weight is 398 g/mol. The Morgan fingerprint density at radius 2 is 1.70 bits per heavy atom. The maximum Gasteiger partial charge on any atom is 0.232 e. The molecule has 146 valence electrons. The molecular weight excluding hydrogens is 378 g/mol. The summed E-state index contributed by atoms with van der Waals surface area (Å²) in [6.45, 7) is 2.12. The first kappa shape index (κ1) is 20.6. The van der Waals surface area contributed by atoms with Gasteiger partial charge in [0.2, 0.25) is 15.9 Å². The van der Waals surface area contributed by atoms with Gasteiger partial charge in [-0.25, -0.2) is 17.2 Å². The Hall–Kier alpha value is -2.68. The van der Waals surface area contributed by atoms with Gasteiger partial charge >= 0.3 is 0 Å². The molecule has 0 bridgehead atoms. The smallest absolute Gasteiger partial charge is 0.232 e. The van der Waals surface area contributed by atoms with Gasteiger partial charge in [-0.1, -0.05) is 6.07 Å². The third-order valence-electron chi connectivity index (χ3n) is 3.61. The van der Waals surface area contributed by atoms with E-state index in [1.165, 1.54) is 6.07 Å². The third kappa shape index (κ3) is 5.65. The van der Waals surface area contributed by atoms with Crippen LogP contribution in [-0.2, 0) is 14.8 Å². The van der Waals surface area contributed by atoms with Crippen LogP contribution in [0.2, 0.25) is 0 Å². The minimum absolute atomic E-state index is 0.186. The zero-order chi connectivity index (χ0) is 20.0. The molecule has 2 aromatic carbocycles. The van der Waals surface area contributed by atoms with Crippen LogP contribution < -0.4 is 14.4 Å². The van der Waals surface area contributed by atoms with E-state index in [0.29, 0.717) is 18.0 Å². The molecule has 0 atom stereocenters.